The predicted molar refractivity (Wildman–Crippen MR) is 74.6 cm³/mol. The zero-order valence-corrected chi connectivity index (χ0v) is 10.4. The Kier molecular flexibility index (Phi) is 2.67. The monoisotopic (exact) mass is 253 g/mol. The van der Waals surface area contributed by atoms with E-state index in [0.29, 0.717) is 0 Å². The second kappa shape index (κ2) is 4.35. The zero-order valence-electron chi connectivity index (χ0n) is 10.4. The second-order valence-corrected chi connectivity index (χ2v) is 4.48. The molecule has 0 amide bonds. The molecular weight excluding hydrogens is 241 g/mol. The Hall–Kier alpha value is -2.42. The lowest BCUT2D eigenvalue weighted by Crippen LogP contribution is -2.16. The van der Waals surface area contributed by atoms with Gasteiger partial charge in [0, 0.05) is 18.5 Å². The van der Waals surface area contributed by atoms with Crippen LogP contribution in [0.4, 0.5) is 4.39 Å². The van der Waals surface area contributed by atoms with Crippen LogP contribution in [0, 0.1) is 5.82 Å². The number of fused-ring (bicyclic) bond motifs is 1. The van der Waals surface area contributed by atoms with Crippen LogP contribution in [-0.2, 0) is 7.05 Å². The Bertz CT molecular complexity index is 803. The first-order valence-corrected chi connectivity index (χ1v) is 6.01. The molecular formula is C16H12FNO. The van der Waals surface area contributed by atoms with Crippen molar-refractivity contribution < 1.29 is 4.39 Å². The highest BCUT2D eigenvalue weighted by Gasteiger charge is 2.07. The van der Waals surface area contributed by atoms with Gasteiger partial charge in [0.15, 0.2) is 0 Å². The van der Waals surface area contributed by atoms with Gasteiger partial charge in [0.1, 0.15) is 5.82 Å². The van der Waals surface area contributed by atoms with Gasteiger partial charge >= 0.3 is 0 Å². The molecule has 0 bridgehead atoms. The van der Waals surface area contributed by atoms with Crippen molar-refractivity contribution in [1.29, 1.82) is 0 Å². The topological polar surface area (TPSA) is 22.0 Å². The van der Waals surface area contributed by atoms with E-state index in [-0.39, 0.29) is 11.4 Å². The van der Waals surface area contributed by atoms with Gasteiger partial charge in [-0.05, 0) is 29.3 Å². The lowest BCUT2D eigenvalue weighted by Gasteiger charge is -2.10. The minimum absolute atomic E-state index is 0.0713. The minimum Gasteiger partial charge on any atom is -0.311 e. The third-order valence-corrected chi connectivity index (χ3v) is 3.31. The van der Waals surface area contributed by atoms with Gasteiger partial charge in [-0.3, -0.25) is 4.79 Å². The van der Waals surface area contributed by atoms with Crippen LogP contribution in [0.2, 0.25) is 0 Å². The number of pyridine rings is 1. The van der Waals surface area contributed by atoms with E-state index in [2.05, 4.69) is 0 Å². The second-order valence-electron chi connectivity index (χ2n) is 4.48. The Morgan fingerprint density at radius 2 is 1.68 bits per heavy atom. The Morgan fingerprint density at radius 3 is 2.42 bits per heavy atom. The lowest BCUT2D eigenvalue weighted by atomic mass is 10.0. The van der Waals surface area contributed by atoms with Gasteiger partial charge in [0.25, 0.3) is 5.56 Å². The fourth-order valence-corrected chi connectivity index (χ4v) is 2.28. The molecule has 1 heterocycles. The van der Waals surface area contributed by atoms with Crippen LogP contribution >= 0.6 is 0 Å². The maximum absolute atomic E-state index is 13.0. The van der Waals surface area contributed by atoms with E-state index in [1.165, 1.54) is 12.1 Å². The summed E-state index contributed by atoms with van der Waals surface area (Å²) in [5, 5.41) is 0.983. The maximum atomic E-state index is 13.0. The zero-order chi connectivity index (χ0) is 13.4. The molecule has 0 aliphatic heterocycles. The van der Waals surface area contributed by atoms with Crippen molar-refractivity contribution in [3.8, 4) is 11.1 Å². The Morgan fingerprint density at radius 1 is 1.00 bits per heavy atom. The summed E-state index contributed by atoms with van der Waals surface area (Å²) in [7, 11) is 1.75. The van der Waals surface area contributed by atoms with Crippen LogP contribution in [0.3, 0.4) is 0 Å². The van der Waals surface area contributed by atoms with Crippen molar-refractivity contribution in [3.05, 3.63) is 70.8 Å². The first-order valence-electron chi connectivity index (χ1n) is 6.01. The molecule has 0 saturated carbocycles. The quantitative estimate of drug-likeness (QED) is 0.652. The molecule has 3 aromatic rings. The highest BCUT2D eigenvalue weighted by Crippen LogP contribution is 2.26. The summed E-state index contributed by atoms with van der Waals surface area (Å²) in [4.78, 5) is 12.0. The summed E-state index contributed by atoms with van der Waals surface area (Å²) in [6.07, 6.45) is 0. The normalized spacial score (nSPS) is 10.8. The van der Waals surface area contributed by atoms with E-state index >= 15 is 0 Å². The molecule has 0 unspecified atom stereocenters. The molecule has 0 atom stereocenters. The maximum Gasteiger partial charge on any atom is 0.251 e. The van der Waals surface area contributed by atoms with Gasteiger partial charge in [-0.1, -0.05) is 30.3 Å². The first-order chi connectivity index (χ1) is 9.16. The molecule has 19 heavy (non-hydrogen) atoms. The van der Waals surface area contributed by atoms with Crippen LogP contribution in [0.1, 0.15) is 0 Å². The number of rotatable bonds is 1. The molecule has 1 aromatic heterocycles. The number of hydrogen-bond acceptors (Lipinski definition) is 1. The summed E-state index contributed by atoms with van der Waals surface area (Å²) < 4.78 is 14.6. The van der Waals surface area contributed by atoms with Crippen molar-refractivity contribution >= 4 is 10.9 Å². The third kappa shape index (κ3) is 1.93. The third-order valence-electron chi connectivity index (χ3n) is 3.31. The highest BCUT2D eigenvalue weighted by molar-refractivity contribution is 5.94. The number of benzene rings is 2. The van der Waals surface area contributed by atoms with Crippen LogP contribution in [-0.4, -0.2) is 4.57 Å². The molecule has 0 fully saturated rings. The van der Waals surface area contributed by atoms with Crippen LogP contribution in [0.5, 0.6) is 0 Å². The predicted octanol–water partition coefficient (Wildman–Crippen LogP) is 3.34. The van der Waals surface area contributed by atoms with E-state index in [1.807, 2.05) is 24.3 Å². The van der Waals surface area contributed by atoms with Crippen molar-refractivity contribution in [3.63, 3.8) is 0 Å². The molecule has 3 rings (SSSR count). The van der Waals surface area contributed by atoms with Gasteiger partial charge in [-0.2, -0.15) is 0 Å². The van der Waals surface area contributed by atoms with E-state index in [1.54, 1.807) is 29.8 Å². The summed E-state index contributed by atoms with van der Waals surface area (Å²) in [5.41, 5.74) is 2.47. The van der Waals surface area contributed by atoms with Gasteiger partial charge in [-0.25, -0.2) is 4.39 Å². The number of aryl methyl sites for hydroxylation is 1. The number of para-hydroxylation sites is 1. The van der Waals surface area contributed by atoms with E-state index in [9.17, 15) is 9.18 Å². The molecule has 0 saturated heterocycles. The molecule has 0 radical (unpaired) electrons. The van der Waals surface area contributed by atoms with Gasteiger partial charge < -0.3 is 4.57 Å². The summed E-state index contributed by atoms with van der Waals surface area (Å²) in [6, 6.07) is 15.5. The number of halogens is 1. The molecule has 0 aliphatic carbocycles. The standard InChI is InChI=1S/C16H12FNO/c1-18-15-5-3-2-4-13(15)14(10-16(18)19)11-6-8-12(17)9-7-11/h2-10H,1H3. The minimum atomic E-state index is -0.281. The van der Waals surface area contributed by atoms with Crippen LogP contribution in [0.25, 0.3) is 22.0 Å². The fourth-order valence-electron chi connectivity index (χ4n) is 2.28. The number of aromatic nitrogens is 1. The largest absolute Gasteiger partial charge is 0.311 e. The Labute approximate surface area is 109 Å². The van der Waals surface area contributed by atoms with Crippen molar-refractivity contribution in [2.75, 3.05) is 0 Å². The average Bonchev–Trinajstić information content (AvgIpc) is 2.44. The average molecular weight is 253 g/mol. The van der Waals surface area contributed by atoms with E-state index in [4.69, 9.17) is 0 Å². The summed E-state index contributed by atoms with van der Waals surface area (Å²) >= 11 is 0. The van der Waals surface area contributed by atoms with Gasteiger partial charge in [0.05, 0.1) is 5.52 Å². The molecule has 0 aliphatic rings. The van der Waals surface area contributed by atoms with Crippen molar-refractivity contribution in [2.45, 2.75) is 0 Å². The Balaban J connectivity index is 2.38. The fraction of sp³-hybridized carbons (Fsp3) is 0.0625. The van der Waals surface area contributed by atoms with Crippen LogP contribution in [0.15, 0.2) is 59.4 Å². The van der Waals surface area contributed by atoms with Crippen molar-refractivity contribution in [2.24, 2.45) is 7.05 Å². The van der Waals surface area contributed by atoms with E-state index in [0.717, 1.165) is 22.0 Å². The van der Waals surface area contributed by atoms with Gasteiger partial charge in [-0.15, -0.1) is 0 Å². The molecule has 2 nitrogen and oxygen atoms in total. The number of nitrogens with zero attached hydrogens (tertiary/aromatic N) is 1. The van der Waals surface area contributed by atoms with Crippen LogP contribution < -0.4 is 5.56 Å². The molecule has 2 aromatic carbocycles. The summed E-state index contributed by atoms with van der Waals surface area (Å²) in [5.74, 6) is -0.281. The highest BCUT2D eigenvalue weighted by atomic mass is 19.1. The number of hydrogen-bond donors (Lipinski definition) is 0. The molecule has 3 heteroatoms. The van der Waals surface area contributed by atoms with Crippen molar-refractivity contribution in [1.82, 2.24) is 4.57 Å². The molecule has 0 N–H and O–H groups in total. The van der Waals surface area contributed by atoms with Gasteiger partial charge in [0.2, 0.25) is 0 Å². The molecule has 0 spiro atoms. The molecule has 94 valence electrons. The SMILES string of the molecule is Cn1c(=O)cc(-c2ccc(F)cc2)c2ccccc21. The first kappa shape index (κ1) is 11.7. The van der Waals surface area contributed by atoms with E-state index < -0.39 is 0 Å². The summed E-state index contributed by atoms with van der Waals surface area (Å²) in [6.45, 7) is 0. The smallest absolute Gasteiger partial charge is 0.251 e. The lowest BCUT2D eigenvalue weighted by molar-refractivity contribution is 0.628.